The lowest BCUT2D eigenvalue weighted by Gasteiger charge is -2.14. The minimum absolute atomic E-state index is 0.275. The van der Waals surface area contributed by atoms with Crippen molar-refractivity contribution in [3.8, 4) is 0 Å². The molecule has 0 unspecified atom stereocenters. The van der Waals surface area contributed by atoms with Crippen molar-refractivity contribution < 1.29 is 4.52 Å². The van der Waals surface area contributed by atoms with Crippen LogP contribution in [0.4, 0.5) is 11.6 Å². The summed E-state index contributed by atoms with van der Waals surface area (Å²) < 4.78 is 5.09. The van der Waals surface area contributed by atoms with Crippen LogP contribution >= 0.6 is 0 Å². The summed E-state index contributed by atoms with van der Waals surface area (Å²) in [6.07, 6.45) is 0.663. The lowest BCUT2D eigenvalue weighted by atomic mass is 10.2. The first kappa shape index (κ1) is 15.2. The van der Waals surface area contributed by atoms with E-state index in [4.69, 9.17) is 4.52 Å². The molecule has 21 heavy (non-hydrogen) atoms. The van der Waals surface area contributed by atoms with Crippen LogP contribution in [0.25, 0.3) is 0 Å². The highest BCUT2D eigenvalue weighted by Crippen LogP contribution is 2.22. The van der Waals surface area contributed by atoms with Gasteiger partial charge in [-0.05, 0) is 13.8 Å². The fraction of sp³-hybridized carbons (Fsp3) is 0.571. The Hall–Kier alpha value is -2.18. The van der Waals surface area contributed by atoms with Crippen molar-refractivity contribution in [3.63, 3.8) is 0 Å². The number of hydrogen-bond acceptors (Lipinski definition) is 7. The zero-order valence-electron chi connectivity index (χ0n) is 13.2. The van der Waals surface area contributed by atoms with Gasteiger partial charge in [0, 0.05) is 31.5 Å². The first-order chi connectivity index (χ1) is 10.0. The first-order valence-corrected chi connectivity index (χ1v) is 7.10. The summed E-state index contributed by atoms with van der Waals surface area (Å²) in [6.45, 7) is 8.64. The summed E-state index contributed by atoms with van der Waals surface area (Å²) in [5.74, 6) is 4.07. The molecule has 0 spiro atoms. The van der Waals surface area contributed by atoms with Crippen LogP contribution in [0.2, 0.25) is 0 Å². The molecular weight excluding hydrogens is 268 g/mol. The van der Waals surface area contributed by atoms with Crippen LogP contribution in [-0.4, -0.2) is 33.7 Å². The second-order valence-corrected chi connectivity index (χ2v) is 5.22. The maximum atomic E-state index is 5.09. The van der Waals surface area contributed by atoms with Crippen LogP contribution < -0.4 is 10.6 Å². The van der Waals surface area contributed by atoms with E-state index in [0.717, 1.165) is 23.0 Å². The Bertz CT molecular complexity index is 608. The summed E-state index contributed by atoms with van der Waals surface area (Å²) >= 11 is 0. The maximum Gasteiger partial charge on any atom is 0.228 e. The standard InChI is InChI=1S/C14H22N6O/c1-8(2)12-18-13(15-5)9(3)14(19-12)16-7-6-11-17-10(4)20-21-11/h8H,6-7H2,1-5H3,(H2,15,16,18,19). The summed E-state index contributed by atoms with van der Waals surface area (Å²) in [4.78, 5) is 13.3. The molecule has 2 rings (SSSR count). The molecule has 0 saturated heterocycles. The third-order valence-electron chi connectivity index (χ3n) is 3.12. The van der Waals surface area contributed by atoms with E-state index < -0.39 is 0 Å². The lowest BCUT2D eigenvalue weighted by Crippen LogP contribution is -2.12. The Balaban J connectivity index is 2.09. The number of nitrogens with zero attached hydrogens (tertiary/aromatic N) is 4. The Morgan fingerprint density at radius 1 is 1.10 bits per heavy atom. The molecule has 0 atom stereocenters. The molecule has 2 N–H and O–H groups in total. The molecule has 0 aliphatic rings. The fourth-order valence-electron chi connectivity index (χ4n) is 1.94. The number of aryl methyl sites for hydroxylation is 1. The summed E-state index contributed by atoms with van der Waals surface area (Å²) in [5, 5.41) is 10.2. The largest absolute Gasteiger partial charge is 0.373 e. The molecule has 7 heteroatoms. The van der Waals surface area contributed by atoms with Crippen molar-refractivity contribution in [3.05, 3.63) is 23.1 Å². The van der Waals surface area contributed by atoms with Gasteiger partial charge in [-0.1, -0.05) is 19.0 Å². The highest BCUT2D eigenvalue weighted by Gasteiger charge is 2.12. The minimum atomic E-state index is 0.275. The highest BCUT2D eigenvalue weighted by molar-refractivity contribution is 5.57. The van der Waals surface area contributed by atoms with Gasteiger partial charge in [0.05, 0.1) is 0 Å². The van der Waals surface area contributed by atoms with Crippen LogP contribution in [0.1, 0.15) is 42.9 Å². The predicted molar refractivity (Wildman–Crippen MR) is 81.6 cm³/mol. The SMILES string of the molecule is CNc1nc(C(C)C)nc(NCCc2nc(C)no2)c1C. The van der Waals surface area contributed by atoms with Crippen LogP contribution in [-0.2, 0) is 6.42 Å². The van der Waals surface area contributed by atoms with E-state index in [1.165, 1.54) is 0 Å². The molecule has 0 aliphatic heterocycles. The summed E-state index contributed by atoms with van der Waals surface area (Å²) in [7, 11) is 1.87. The van der Waals surface area contributed by atoms with Gasteiger partial charge >= 0.3 is 0 Å². The van der Waals surface area contributed by atoms with Crippen molar-refractivity contribution >= 4 is 11.6 Å². The molecule has 0 radical (unpaired) electrons. The average molecular weight is 290 g/mol. The van der Waals surface area contributed by atoms with Crippen LogP contribution in [0.5, 0.6) is 0 Å². The number of hydrogen-bond donors (Lipinski definition) is 2. The number of rotatable bonds is 6. The van der Waals surface area contributed by atoms with Gasteiger partial charge in [0.15, 0.2) is 5.82 Å². The molecule has 7 nitrogen and oxygen atoms in total. The Morgan fingerprint density at radius 2 is 1.81 bits per heavy atom. The molecule has 0 fully saturated rings. The van der Waals surface area contributed by atoms with E-state index in [0.29, 0.717) is 24.7 Å². The highest BCUT2D eigenvalue weighted by atomic mass is 16.5. The van der Waals surface area contributed by atoms with Crippen molar-refractivity contribution in [2.24, 2.45) is 0 Å². The average Bonchev–Trinajstić information content (AvgIpc) is 2.86. The predicted octanol–water partition coefficient (Wildman–Crippen LogP) is 2.30. The van der Waals surface area contributed by atoms with Gasteiger partial charge in [-0.3, -0.25) is 0 Å². The monoisotopic (exact) mass is 290 g/mol. The molecule has 0 aliphatic carbocycles. The van der Waals surface area contributed by atoms with Gasteiger partial charge < -0.3 is 15.2 Å². The normalized spacial score (nSPS) is 11.0. The Kier molecular flexibility index (Phi) is 4.72. The number of anilines is 2. The van der Waals surface area contributed by atoms with Gasteiger partial charge in [-0.2, -0.15) is 4.98 Å². The molecule has 0 saturated carbocycles. The van der Waals surface area contributed by atoms with E-state index in [-0.39, 0.29) is 5.92 Å². The number of nitrogens with one attached hydrogen (secondary N) is 2. The van der Waals surface area contributed by atoms with E-state index >= 15 is 0 Å². The topological polar surface area (TPSA) is 88.8 Å². The van der Waals surface area contributed by atoms with Crippen LogP contribution in [0.3, 0.4) is 0 Å². The lowest BCUT2D eigenvalue weighted by molar-refractivity contribution is 0.377. The van der Waals surface area contributed by atoms with Gasteiger partial charge in [0.1, 0.15) is 17.5 Å². The molecule has 2 aromatic rings. The zero-order chi connectivity index (χ0) is 15.4. The van der Waals surface area contributed by atoms with Gasteiger partial charge in [0.2, 0.25) is 5.89 Å². The van der Waals surface area contributed by atoms with E-state index in [1.54, 1.807) is 0 Å². The summed E-state index contributed by atoms with van der Waals surface area (Å²) in [6, 6.07) is 0. The van der Waals surface area contributed by atoms with Crippen molar-refractivity contribution in [2.75, 3.05) is 24.2 Å². The minimum Gasteiger partial charge on any atom is -0.373 e. The van der Waals surface area contributed by atoms with Gasteiger partial charge in [-0.25, -0.2) is 9.97 Å². The van der Waals surface area contributed by atoms with Crippen molar-refractivity contribution in [2.45, 2.75) is 40.0 Å². The third-order valence-corrected chi connectivity index (χ3v) is 3.12. The third kappa shape index (κ3) is 3.68. The first-order valence-electron chi connectivity index (χ1n) is 7.10. The molecular formula is C14H22N6O. The molecule has 2 aromatic heterocycles. The molecule has 0 bridgehead atoms. The summed E-state index contributed by atoms with van der Waals surface area (Å²) in [5.41, 5.74) is 1.00. The van der Waals surface area contributed by atoms with E-state index in [1.807, 2.05) is 20.9 Å². The van der Waals surface area contributed by atoms with Gasteiger partial charge in [0.25, 0.3) is 0 Å². The van der Waals surface area contributed by atoms with Crippen molar-refractivity contribution in [1.82, 2.24) is 20.1 Å². The molecule has 0 aromatic carbocycles. The zero-order valence-corrected chi connectivity index (χ0v) is 13.2. The molecule has 2 heterocycles. The Morgan fingerprint density at radius 3 is 2.38 bits per heavy atom. The molecule has 0 amide bonds. The number of aromatic nitrogens is 4. The fourth-order valence-corrected chi connectivity index (χ4v) is 1.94. The quantitative estimate of drug-likeness (QED) is 0.843. The maximum absolute atomic E-state index is 5.09. The van der Waals surface area contributed by atoms with Crippen molar-refractivity contribution in [1.29, 1.82) is 0 Å². The van der Waals surface area contributed by atoms with E-state index in [9.17, 15) is 0 Å². The van der Waals surface area contributed by atoms with Crippen LogP contribution in [0, 0.1) is 13.8 Å². The smallest absolute Gasteiger partial charge is 0.228 e. The molecule has 114 valence electrons. The Labute approximate surface area is 124 Å². The van der Waals surface area contributed by atoms with Gasteiger partial charge in [-0.15, -0.1) is 0 Å². The second-order valence-electron chi connectivity index (χ2n) is 5.22. The van der Waals surface area contributed by atoms with E-state index in [2.05, 4.69) is 44.6 Å². The second kappa shape index (κ2) is 6.51. The van der Waals surface area contributed by atoms with Crippen LogP contribution in [0.15, 0.2) is 4.52 Å².